The molecule has 1 aliphatic rings. The van der Waals surface area contributed by atoms with Crippen LogP contribution >= 0.6 is 0 Å². The van der Waals surface area contributed by atoms with Gasteiger partial charge in [-0.25, -0.2) is 19.6 Å². The van der Waals surface area contributed by atoms with Gasteiger partial charge in [0.05, 0.1) is 11.2 Å². The molecule has 0 bridgehead atoms. The summed E-state index contributed by atoms with van der Waals surface area (Å²) in [5, 5.41) is 0. The molecule has 0 radical (unpaired) electrons. The first-order valence-electron chi connectivity index (χ1n) is 7.71. The van der Waals surface area contributed by atoms with Crippen molar-refractivity contribution in [2.75, 3.05) is 0 Å². The Kier molecular flexibility index (Phi) is 6.02. The molecule has 0 spiro atoms. The lowest BCUT2D eigenvalue weighted by Crippen LogP contribution is -2.41. The molecule has 0 aromatic carbocycles. The maximum Gasteiger partial charge on any atom is 0.229 e. The molecule has 0 saturated heterocycles. The van der Waals surface area contributed by atoms with Crippen molar-refractivity contribution in [3.8, 4) is 0 Å². The van der Waals surface area contributed by atoms with Crippen LogP contribution in [0.1, 0.15) is 80.6 Å². The molecule has 120 valence electrons. The molecule has 0 atom stereocenters. The fourth-order valence-corrected chi connectivity index (χ4v) is 2.22. The van der Waals surface area contributed by atoms with E-state index in [2.05, 4.69) is 6.92 Å². The second-order valence-corrected chi connectivity index (χ2v) is 8.13. The van der Waals surface area contributed by atoms with Crippen molar-refractivity contribution in [2.45, 2.75) is 98.1 Å². The van der Waals surface area contributed by atoms with Gasteiger partial charge in [-0.2, -0.15) is 0 Å². The first kappa shape index (κ1) is 17.9. The summed E-state index contributed by atoms with van der Waals surface area (Å²) in [6.07, 6.45) is 5.32. The van der Waals surface area contributed by atoms with Crippen LogP contribution < -0.4 is 0 Å². The van der Waals surface area contributed by atoms with Crippen molar-refractivity contribution in [1.82, 2.24) is 0 Å². The normalized spacial score (nSPS) is 20.4. The van der Waals surface area contributed by atoms with Gasteiger partial charge in [-0.05, 0) is 54.4 Å². The Morgan fingerprint density at radius 3 is 1.50 bits per heavy atom. The summed E-state index contributed by atoms with van der Waals surface area (Å²) in [6, 6.07) is 0. The van der Waals surface area contributed by atoms with E-state index in [1.54, 1.807) is 0 Å². The third kappa shape index (κ3) is 6.53. The minimum Gasteiger partial charge on any atom is -0.228 e. The van der Waals surface area contributed by atoms with E-state index in [-0.39, 0.29) is 16.6 Å². The lowest BCUT2D eigenvalue weighted by Gasteiger charge is -2.39. The fourth-order valence-electron chi connectivity index (χ4n) is 2.22. The Hall–Kier alpha value is -0.160. The van der Waals surface area contributed by atoms with Crippen LogP contribution in [-0.2, 0) is 19.6 Å². The lowest BCUT2D eigenvalue weighted by atomic mass is 9.75. The van der Waals surface area contributed by atoms with Crippen molar-refractivity contribution >= 4 is 0 Å². The van der Waals surface area contributed by atoms with Crippen molar-refractivity contribution in [3.05, 3.63) is 0 Å². The molecule has 0 aromatic heterocycles. The van der Waals surface area contributed by atoms with Gasteiger partial charge < -0.3 is 0 Å². The van der Waals surface area contributed by atoms with Crippen LogP contribution in [0.3, 0.4) is 0 Å². The Labute approximate surface area is 124 Å². The van der Waals surface area contributed by atoms with Crippen molar-refractivity contribution < 1.29 is 19.6 Å². The molecule has 0 unspecified atom stereocenters. The average molecular weight is 288 g/mol. The number of hydrogen-bond donors (Lipinski definition) is 0. The van der Waals surface area contributed by atoms with E-state index in [0.717, 1.165) is 12.8 Å². The number of hydrogen-bond acceptors (Lipinski definition) is 4. The molecule has 1 saturated carbocycles. The van der Waals surface area contributed by atoms with E-state index in [1.165, 1.54) is 19.3 Å². The van der Waals surface area contributed by atoms with E-state index >= 15 is 0 Å². The second-order valence-electron chi connectivity index (χ2n) is 8.13. The first-order chi connectivity index (χ1) is 9.02. The Balaban J connectivity index is 2.67. The minimum atomic E-state index is -0.499. The lowest BCUT2D eigenvalue weighted by molar-refractivity contribution is -0.516. The van der Waals surface area contributed by atoms with Crippen molar-refractivity contribution in [1.29, 1.82) is 0 Å². The van der Waals surface area contributed by atoms with Gasteiger partial charge in [-0.15, -0.1) is 0 Å². The highest BCUT2D eigenvalue weighted by Gasteiger charge is 2.40. The first-order valence-corrected chi connectivity index (χ1v) is 7.71. The van der Waals surface area contributed by atoms with Crippen LogP contribution in [0.15, 0.2) is 0 Å². The van der Waals surface area contributed by atoms with Gasteiger partial charge in [0.2, 0.25) is 6.29 Å². The van der Waals surface area contributed by atoms with Crippen LogP contribution in [0.4, 0.5) is 0 Å². The zero-order valence-corrected chi connectivity index (χ0v) is 14.2. The molecule has 0 amide bonds. The molecule has 0 aromatic rings. The van der Waals surface area contributed by atoms with Gasteiger partial charge in [0, 0.05) is 5.41 Å². The molecule has 1 aliphatic carbocycles. The minimum absolute atomic E-state index is 0.0608. The highest BCUT2D eigenvalue weighted by atomic mass is 17.3. The van der Waals surface area contributed by atoms with E-state index < -0.39 is 6.29 Å². The molecule has 0 heterocycles. The second kappa shape index (κ2) is 6.73. The smallest absolute Gasteiger partial charge is 0.228 e. The third-order valence-corrected chi connectivity index (χ3v) is 3.34. The predicted molar refractivity (Wildman–Crippen MR) is 78.8 cm³/mol. The molecule has 0 aliphatic heterocycles. The predicted octanol–water partition coefficient (Wildman–Crippen LogP) is 4.78. The molecule has 4 nitrogen and oxygen atoms in total. The third-order valence-electron chi connectivity index (χ3n) is 3.34. The maximum atomic E-state index is 5.60. The summed E-state index contributed by atoms with van der Waals surface area (Å²) in [5.41, 5.74) is -0.794. The largest absolute Gasteiger partial charge is 0.229 e. The summed E-state index contributed by atoms with van der Waals surface area (Å²) in [7, 11) is 0. The van der Waals surface area contributed by atoms with Crippen LogP contribution in [0.2, 0.25) is 0 Å². The Morgan fingerprint density at radius 1 is 0.750 bits per heavy atom. The summed E-state index contributed by atoms with van der Waals surface area (Å²) < 4.78 is 0. The molecule has 1 rings (SSSR count). The summed E-state index contributed by atoms with van der Waals surface area (Å²) >= 11 is 0. The van der Waals surface area contributed by atoms with E-state index in [9.17, 15) is 0 Å². The molecular weight excluding hydrogens is 256 g/mol. The Bertz CT molecular complexity index is 264. The molecule has 0 N–H and O–H groups in total. The fraction of sp³-hybridized carbons (Fsp3) is 1.00. The summed E-state index contributed by atoms with van der Waals surface area (Å²) in [6.45, 7) is 13.9. The zero-order chi connectivity index (χ0) is 15.4. The molecule has 20 heavy (non-hydrogen) atoms. The van der Waals surface area contributed by atoms with Gasteiger partial charge in [0.25, 0.3) is 0 Å². The standard InChI is InChI=1S/C16H32O4/c1-14(2,3)19-17-13(18-20-15(4,5)6)16(7)11-9-8-10-12-16/h13H,8-12H2,1-7H3. The zero-order valence-electron chi connectivity index (χ0n) is 14.2. The topological polar surface area (TPSA) is 36.9 Å². The average Bonchev–Trinajstić information content (AvgIpc) is 2.26. The van der Waals surface area contributed by atoms with Gasteiger partial charge in [0.1, 0.15) is 0 Å². The van der Waals surface area contributed by atoms with E-state index in [0.29, 0.717) is 0 Å². The van der Waals surface area contributed by atoms with E-state index in [1.807, 2.05) is 41.5 Å². The quantitative estimate of drug-likeness (QED) is 0.414. The van der Waals surface area contributed by atoms with Gasteiger partial charge in [-0.1, -0.05) is 26.2 Å². The van der Waals surface area contributed by atoms with Crippen LogP contribution in [0.25, 0.3) is 0 Å². The summed E-state index contributed by atoms with van der Waals surface area (Å²) in [4.78, 5) is 22.1. The van der Waals surface area contributed by atoms with E-state index in [4.69, 9.17) is 19.6 Å². The van der Waals surface area contributed by atoms with Gasteiger partial charge >= 0.3 is 0 Å². The highest BCUT2D eigenvalue weighted by Crippen LogP contribution is 2.41. The van der Waals surface area contributed by atoms with Crippen molar-refractivity contribution in [3.63, 3.8) is 0 Å². The van der Waals surface area contributed by atoms with Crippen LogP contribution in [0.5, 0.6) is 0 Å². The van der Waals surface area contributed by atoms with Crippen LogP contribution in [-0.4, -0.2) is 17.5 Å². The van der Waals surface area contributed by atoms with Gasteiger partial charge in [-0.3, -0.25) is 0 Å². The maximum absolute atomic E-state index is 5.60. The van der Waals surface area contributed by atoms with Gasteiger partial charge in [0.15, 0.2) is 0 Å². The Morgan fingerprint density at radius 2 is 1.15 bits per heavy atom. The highest BCUT2D eigenvalue weighted by molar-refractivity contribution is 4.81. The van der Waals surface area contributed by atoms with Crippen molar-refractivity contribution in [2.24, 2.45) is 5.41 Å². The molecule has 4 heteroatoms. The van der Waals surface area contributed by atoms with Crippen LogP contribution in [0, 0.1) is 5.41 Å². The molecule has 1 fully saturated rings. The molecular formula is C16H32O4. The monoisotopic (exact) mass is 288 g/mol. The summed E-state index contributed by atoms with van der Waals surface area (Å²) in [5.74, 6) is 0. The number of rotatable bonds is 5. The SMILES string of the molecule is CC(C)(C)OOC(OOC(C)(C)C)C1(C)CCCCC1.